The lowest BCUT2D eigenvalue weighted by Crippen LogP contribution is -2.49. The molecule has 0 aromatic carbocycles. The Balaban J connectivity index is 2.23. The smallest absolute Gasteiger partial charge is 0.149 e. The molecule has 0 bridgehead atoms. The van der Waals surface area contributed by atoms with Gasteiger partial charge in [-0.25, -0.2) is 9.97 Å². The van der Waals surface area contributed by atoms with Crippen molar-refractivity contribution in [3.05, 3.63) is 23.8 Å². The van der Waals surface area contributed by atoms with Crippen molar-refractivity contribution in [1.29, 1.82) is 0 Å². The van der Waals surface area contributed by atoms with Crippen molar-refractivity contribution in [2.45, 2.75) is 19.2 Å². The molecule has 1 aliphatic heterocycles. The van der Waals surface area contributed by atoms with Crippen LogP contribution < -0.4 is 5.32 Å². The summed E-state index contributed by atoms with van der Waals surface area (Å²) in [6.45, 7) is 3.54. The van der Waals surface area contributed by atoms with Crippen molar-refractivity contribution in [2.24, 2.45) is 0 Å². The Hall–Kier alpha value is -1.04. The third kappa shape index (κ3) is 2.37. The number of hydrogen-bond acceptors (Lipinski definition) is 5. The van der Waals surface area contributed by atoms with Gasteiger partial charge in [-0.1, -0.05) is 0 Å². The Kier molecular flexibility index (Phi) is 3.48. The van der Waals surface area contributed by atoms with E-state index in [1.54, 1.807) is 6.20 Å². The summed E-state index contributed by atoms with van der Waals surface area (Å²) in [4.78, 5) is 10.8. The molecule has 1 fully saturated rings. The predicted molar refractivity (Wildman–Crippen MR) is 60.9 cm³/mol. The standard InChI is InChI=1S/C11H18N4O/c1-8-4-5-13-10(14-8)9-11(15(2)3)16-7-6-12-9/h4-5,9,11-12H,6-7H2,1-3H3. The van der Waals surface area contributed by atoms with Gasteiger partial charge in [-0.15, -0.1) is 0 Å². The summed E-state index contributed by atoms with van der Waals surface area (Å²) in [6.07, 6.45) is 1.79. The zero-order valence-corrected chi connectivity index (χ0v) is 9.97. The van der Waals surface area contributed by atoms with Crippen LogP contribution in [0.15, 0.2) is 12.3 Å². The molecule has 0 aliphatic carbocycles. The van der Waals surface area contributed by atoms with E-state index < -0.39 is 0 Å². The lowest BCUT2D eigenvalue weighted by atomic mass is 10.2. The summed E-state index contributed by atoms with van der Waals surface area (Å²) in [5.41, 5.74) is 0.981. The molecule has 5 heteroatoms. The SMILES string of the molecule is Cc1ccnc(C2NCCOC2N(C)C)n1. The van der Waals surface area contributed by atoms with Crippen LogP contribution in [0.4, 0.5) is 0 Å². The van der Waals surface area contributed by atoms with E-state index in [-0.39, 0.29) is 12.3 Å². The molecule has 2 heterocycles. The van der Waals surface area contributed by atoms with Gasteiger partial charge in [-0.3, -0.25) is 4.90 Å². The lowest BCUT2D eigenvalue weighted by molar-refractivity contribution is -0.0851. The van der Waals surface area contributed by atoms with Crippen LogP contribution in [0.5, 0.6) is 0 Å². The van der Waals surface area contributed by atoms with Crippen LogP contribution in [0, 0.1) is 6.92 Å². The van der Waals surface area contributed by atoms with E-state index in [1.807, 2.05) is 32.0 Å². The first-order chi connectivity index (χ1) is 7.68. The van der Waals surface area contributed by atoms with E-state index in [9.17, 15) is 0 Å². The molecule has 88 valence electrons. The fourth-order valence-corrected chi connectivity index (χ4v) is 1.88. The van der Waals surface area contributed by atoms with Crippen LogP contribution in [0.3, 0.4) is 0 Å². The van der Waals surface area contributed by atoms with E-state index in [1.165, 1.54) is 0 Å². The number of hydrogen-bond donors (Lipinski definition) is 1. The van der Waals surface area contributed by atoms with Gasteiger partial charge in [0.05, 0.1) is 6.61 Å². The predicted octanol–water partition coefficient (Wildman–Crippen LogP) is 0.334. The largest absolute Gasteiger partial charge is 0.360 e. The minimum Gasteiger partial charge on any atom is -0.360 e. The summed E-state index contributed by atoms with van der Waals surface area (Å²) in [7, 11) is 4.00. The molecule has 0 radical (unpaired) electrons. The highest BCUT2D eigenvalue weighted by molar-refractivity contribution is 5.05. The van der Waals surface area contributed by atoms with Crippen molar-refractivity contribution in [2.75, 3.05) is 27.2 Å². The van der Waals surface area contributed by atoms with Crippen LogP contribution in [0.1, 0.15) is 17.6 Å². The summed E-state index contributed by atoms with van der Waals surface area (Å²) in [6, 6.07) is 1.95. The van der Waals surface area contributed by atoms with Gasteiger partial charge in [0.25, 0.3) is 0 Å². The molecule has 2 rings (SSSR count). The molecule has 2 unspecified atom stereocenters. The number of nitrogens with one attached hydrogen (secondary N) is 1. The Morgan fingerprint density at radius 1 is 1.50 bits per heavy atom. The molecule has 1 N–H and O–H groups in total. The maximum Gasteiger partial charge on any atom is 0.149 e. The fourth-order valence-electron chi connectivity index (χ4n) is 1.88. The van der Waals surface area contributed by atoms with Gasteiger partial charge < -0.3 is 10.1 Å². The minimum absolute atomic E-state index is 0.00412. The van der Waals surface area contributed by atoms with Crippen LogP contribution in [-0.4, -0.2) is 48.3 Å². The Morgan fingerprint density at radius 2 is 2.31 bits per heavy atom. The highest BCUT2D eigenvalue weighted by Gasteiger charge is 2.30. The first-order valence-corrected chi connectivity index (χ1v) is 5.49. The molecule has 5 nitrogen and oxygen atoms in total. The van der Waals surface area contributed by atoms with Gasteiger partial charge in [0.1, 0.15) is 18.1 Å². The number of likely N-dealkylation sites (N-methyl/N-ethyl adjacent to an activating group) is 1. The summed E-state index contributed by atoms with van der Waals surface area (Å²) < 4.78 is 5.73. The maximum atomic E-state index is 5.73. The number of ether oxygens (including phenoxy) is 1. The molecular weight excluding hydrogens is 204 g/mol. The average Bonchev–Trinajstić information content (AvgIpc) is 2.29. The highest BCUT2D eigenvalue weighted by atomic mass is 16.5. The number of rotatable bonds is 2. The van der Waals surface area contributed by atoms with Crippen molar-refractivity contribution in [1.82, 2.24) is 20.2 Å². The van der Waals surface area contributed by atoms with Gasteiger partial charge in [0, 0.05) is 18.4 Å². The zero-order valence-electron chi connectivity index (χ0n) is 9.97. The van der Waals surface area contributed by atoms with Crippen molar-refractivity contribution in [3.8, 4) is 0 Å². The summed E-state index contributed by atoms with van der Waals surface area (Å²) in [5.74, 6) is 0.804. The molecule has 2 atom stereocenters. The second-order valence-corrected chi connectivity index (χ2v) is 4.21. The Labute approximate surface area is 95.8 Å². The van der Waals surface area contributed by atoms with E-state index >= 15 is 0 Å². The van der Waals surface area contributed by atoms with E-state index in [0.717, 1.165) is 24.7 Å². The topological polar surface area (TPSA) is 50.3 Å². The van der Waals surface area contributed by atoms with Gasteiger partial charge in [-0.05, 0) is 27.1 Å². The number of morpholine rings is 1. The molecule has 0 spiro atoms. The first-order valence-electron chi connectivity index (χ1n) is 5.49. The van der Waals surface area contributed by atoms with Crippen molar-refractivity contribution < 1.29 is 4.74 Å². The van der Waals surface area contributed by atoms with Crippen LogP contribution in [0.25, 0.3) is 0 Å². The van der Waals surface area contributed by atoms with Crippen molar-refractivity contribution in [3.63, 3.8) is 0 Å². The molecule has 16 heavy (non-hydrogen) atoms. The third-order valence-corrected chi connectivity index (χ3v) is 2.64. The average molecular weight is 222 g/mol. The van der Waals surface area contributed by atoms with E-state index in [0.29, 0.717) is 0 Å². The van der Waals surface area contributed by atoms with E-state index in [2.05, 4.69) is 15.3 Å². The second-order valence-electron chi connectivity index (χ2n) is 4.21. The molecular formula is C11H18N4O. The van der Waals surface area contributed by atoms with Gasteiger partial charge in [0.2, 0.25) is 0 Å². The van der Waals surface area contributed by atoms with Crippen LogP contribution >= 0.6 is 0 Å². The first kappa shape index (κ1) is 11.4. The Morgan fingerprint density at radius 3 is 3.00 bits per heavy atom. The van der Waals surface area contributed by atoms with E-state index in [4.69, 9.17) is 4.74 Å². The van der Waals surface area contributed by atoms with Crippen LogP contribution in [0.2, 0.25) is 0 Å². The number of nitrogens with zero attached hydrogens (tertiary/aromatic N) is 3. The number of aromatic nitrogens is 2. The lowest BCUT2D eigenvalue weighted by Gasteiger charge is -2.35. The molecule has 0 saturated carbocycles. The number of aryl methyl sites for hydroxylation is 1. The van der Waals surface area contributed by atoms with Crippen molar-refractivity contribution >= 4 is 0 Å². The zero-order chi connectivity index (χ0) is 11.5. The molecule has 1 saturated heterocycles. The van der Waals surface area contributed by atoms with Gasteiger partial charge >= 0.3 is 0 Å². The minimum atomic E-state index is -0.00412. The highest BCUT2D eigenvalue weighted by Crippen LogP contribution is 2.20. The van der Waals surface area contributed by atoms with Crippen LogP contribution in [-0.2, 0) is 4.74 Å². The van der Waals surface area contributed by atoms with Gasteiger partial charge in [-0.2, -0.15) is 0 Å². The second kappa shape index (κ2) is 4.86. The monoisotopic (exact) mass is 222 g/mol. The molecule has 1 aromatic rings. The quantitative estimate of drug-likeness (QED) is 0.781. The third-order valence-electron chi connectivity index (χ3n) is 2.64. The molecule has 1 aliphatic rings. The molecule has 1 aromatic heterocycles. The summed E-state index contributed by atoms with van der Waals surface area (Å²) >= 11 is 0. The summed E-state index contributed by atoms with van der Waals surface area (Å²) in [5, 5.41) is 3.40. The van der Waals surface area contributed by atoms with Gasteiger partial charge in [0.15, 0.2) is 0 Å². The maximum absolute atomic E-state index is 5.73. The fraction of sp³-hybridized carbons (Fsp3) is 0.636. The molecule has 0 amide bonds. The Bertz CT molecular complexity index is 356. The normalized spacial score (nSPS) is 26.0.